The number of aryl methyl sites for hydroxylation is 1. The summed E-state index contributed by atoms with van der Waals surface area (Å²) in [6.07, 6.45) is 2.88. The molecule has 1 amide bonds. The first-order valence-corrected chi connectivity index (χ1v) is 11.5. The van der Waals surface area contributed by atoms with E-state index in [1.54, 1.807) is 11.6 Å². The Bertz CT molecular complexity index is 1590. The third-order valence-electron chi connectivity index (χ3n) is 5.88. The molecule has 0 saturated heterocycles. The highest BCUT2D eigenvalue weighted by molar-refractivity contribution is 6.08. The van der Waals surface area contributed by atoms with Gasteiger partial charge in [-0.15, -0.1) is 0 Å². The number of hydrogen-bond donors (Lipinski definition) is 1. The summed E-state index contributed by atoms with van der Waals surface area (Å²) in [4.78, 5) is 30.8. The number of ether oxygens (including phenoxy) is 1. The topological polar surface area (TPSA) is 104 Å². The highest BCUT2D eigenvalue weighted by Crippen LogP contribution is 2.25. The van der Waals surface area contributed by atoms with Gasteiger partial charge in [0.05, 0.1) is 41.5 Å². The van der Waals surface area contributed by atoms with Gasteiger partial charge in [0.1, 0.15) is 5.56 Å². The van der Waals surface area contributed by atoms with Crippen molar-refractivity contribution in [1.82, 2.24) is 24.5 Å². The van der Waals surface area contributed by atoms with Gasteiger partial charge in [-0.3, -0.25) is 4.79 Å². The highest BCUT2D eigenvalue weighted by atomic mass is 16.5. The van der Waals surface area contributed by atoms with Crippen LogP contribution >= 0.6 is 0 Å². The van der Waals surface area contributed by atoms with Crippen LogP contribution in [0.25, 0.3) is 22.4 Å². The average molecular weight is 481 g/mol. The quantitative estimate of drug-likeness (QED) is 0.355. The largest absolute Gasteiger partial charge is 0.462 e. The van der Waals surface area contributed by atoms with Crippen LogP contribution in [0.3, 0.4) is 0 Å². The van der Waals surface area contributed by atoms with Crippen molar-refractivity contribution < 1.29 is 14.3 Å². The van der Waals surface area contributed by atoms with Gasteiger partial charge in [0, 0.05) is 5.39 Å². The van der Waals surface area contributed by atoms with Crippen LogP contribution in [0.1, 0.15) is 38.9 Å². The van der Waals surface area contributed by atoms with Crippen LogP contribution in [0.2, 0.25) is 0 Å². The molecule has 0 radical (unpaired) electrons. The van der Waals surface area contributed by atoms with Gasteiger partial charge < -0.3 is 10.1 Å². The van der Waals surface area contributed by atoms with Crippen molar-refractivity contribution in [2.24, 2.45) is 0 Å². The molecular formula is C27H24N6O3. The van der Waals surface area contributed by atoms with Crippen molar-refractivity contribution in [3.8, 4) is 11.5 Å². The lowest BCUT2D eigenvalue weighted by Crippen LogP contribution is -2.19. The number of anilines is 1. The number of esters is 1. The van der Waals surface area contributed by atoms with Crippen LogP contribution < -0.4 is 5.32 Å². The van der Waals surface area contributed by atoms with Gasteiger partial charge in [-0.25, -0.2) is 14.5 Å². The third kappa shape index (κ3) is 4.11. The number of carbonyl (C=O) groups is 2. The summed E-state index contributed by atoms with van der Waals surface area (Å²) in [6.45, 7) is 5.69. The molecule has 36 heavy (non-hydrogen) atoms. The van der Waals surface area contributed by atoms with Gasteiger partial charge >= 0.3 is 5.97 Å². The third-order valence-corrected chi connectivity index (χ3v) is 5.88. The van der Waals surface area contributed by atoms with Gasteiger partial charge in [-0.05, 0) is 50.6 Å². The van der Waals surface area contributed by atoms with E-state index in [1.807, 2.05) is 74.5 Å². The molecule has 3 heterocycles. The zero-order valence-electron chi connectivity index (χ0n) is 20.1. The molecule has 0 saturated carbocycles. The molecule has 3 aromatic heterocycles. The number of fused-ring (bicyclic) bond motifs is 1. The van der Waals surface area contributed by atoms with Crippen LogP contribution in [0, 0.1) is 13.8 Å². The van der Waals surface area contributed by atoms with Crippen LogP contribution in [0.15, 0.2) is 73.1 Å². The maximum atomic E-state index is 13.4. The fourth-order valence-electron chi connectivity index (χ4n) is 4.08. The summed E-state index contributed by atoms with van der Waals surface area (Å²) in [5.74, 6) is -0.381. The fourth-order valence-corrected chi connectivity index (χ4v) is 4.08. The Labute approximate surface area is 207 Å². The highest BCUT2D eigenvalue weighted by Gasteiger charge is 2.24. The molecule has 2 aromatic carbocycles. The number of hydrogen-bond acceptors (Lipinski definition) is 6. The van der Waals surface area contributed by atoms with Crippen LogP contribution in [-0.2, 0) is 4.74 Å². The van der Waals surface area contributed by atoms with Gasteiger partial charge in [0.25, 0.3) is 5.91 Å². The average Bonchev–Trinajstić information content (AvgIpc) is 3.48. The molecule has 0 spiro atoms. The minimum Gasteiger partial charge on any atom is -0.462 e. The maximum absolute atomic E-state index is 13.4. The Balaban J connectivity index is 1.56. The molecule has 5 aromatic rings. The molecule has 5 rings (SSSR count). The summed E-state index contributed by atoms with van der Waals surface area (Å²) in [6, 6.07) is 19.1. The number of nitrogens with one attached hydrogen (secondary N) is 1. The number of aromatic nitrogens is 5. The van der Waals surface area contributed by atoms with Crippen LogP contribution in [0.5, 0.6) is 0 Å². The first-order valence-electron chi connectivity index (χ1n) is 11.5. The Morgan fingerprint density at radius 3 is 2.39 bits per heavy atom. The van der Waals surface area contributed by atoms with Crippen molar-refractivity contribution in [3.05, 3.63) is 95.4 Å². The molecule has 0 fully saturated rings. The Morgan fingerprint density at radius 2 is 1.61 bits per heavy atom. The summed E-state index contributed by atoms with van der Waals surface area (Å²) in [7, 11) is 0. The van der Waals surface area contributed by atoms with Crippen LogP contribution in [-0.4, -0.2) is 43.0 Å². The predicted octanol–water partition coefficient (Wildman–Crippen LogP) is 4.65. The van der Waals surface area contributed by atoms with Crippen molar-refractivity contribution in [2.75, 3.05) is 11.9 Å². The molecule has 1 N–H and O–H groups in total. The lowest BCUT2D eigenvalue weighted by Gasteiger charge is -2.12. The molecule has 0 atom stereocenters. The van der Waals surface area contributed by atoms with E-state index in [4.69, 9.17) is 9.72 Å². The van der Waals surface area contributed by atoms with Crippen molar-refractivity contribution >= 4 is 28.6 Å². The second-order valence-corrected chi connectivity index (χ2v) is 8.20. The molecule has 180 valence electrons. The van der Waals surface area contributed by atoms with E-state index in [9.17, 15) is 9.59 Å². The normalized spacial score (nSPS) is 11.0. The first kappa shape index (κ1) is 23.0. The van der Waals surface area contributed by atoms with Crippen molar-refractivity contribution in [1.29, 1.82) is 0 Å². The number of rotatable bonds is 6. The van der Waals surface area contributed by atoms with Crippen LogP contribution in [0.4, 0.5) is 5.82 Å². The monoisotopic (exact) mass is 480 g/mol. The number of pyridine rings is 1. The Hall–Kier alpha value is -4.79. The Morgan fingerprint density at radius 1 is 0.917 bits per heavy atom. The molecular weight excluding hydrogens is 456 g/mol. The Kier molecular flexibility index (Phi) is 6.03. The van der Waals surface area contributed by atoms with E-state index in [0.29, 0.717) is 17.1 Å². The zero-order chi connectivity index (χ0) is 25.2. The van der Waals surface area contributed by atoms with E-state index < -0.39 is 11.9 Å². The second kappa shape index (κ2) is 9.46. The summed E-state index contributed by atoms with van der Waals surface area (Å²) in [5, 5.41) is 12.6. The fraction of sp³-hybridized carbons (Fsp3) is 0.148. The van der Waals surface area contributed by atoms with Gasteiger partial charge in [-0.2, -0.15) is 14.9 Å². The lowest BCUT2D eigenvalue weighted by molar-refractivity contribution is 0.0527. The smallest absolute Gasteiger partial charge is 0.343 e. The molecule has 9 nitrogen and oxygen atoms in total. The summed E-state index contributed by atoms with van der Waals surface area (Å²) < 4.78 is 8.34. The van der Waals surface area contributed by atoms with E-state index in [1.165, 1.54) is 17.1 Å². The predicted molar refractivity (Wildman–Crippen MR) is 136 cm³/mol. The van der Waals surface area contributed by atoms with Gasteiger partial charge in [0.2, 0.25) is 0 Å². The van der Waals surface area contributed by atoms with Crippen molar-refractivity contribution in [2.45, 2.75) is 20.8 Å². The number of carbonyl (C=O) groups excluding carboxylic acids is 2. The number of para-hydroxylation sites is 2. The lowest BCUT2D eigenvalue weighted by atomic mass is 10.1. The minimum absolute atomic E-state index is 0.130. The van der Waals surface area contributed by atoms with E-state index in [0.717, 1.165) is 22.2 Å². The van der Waals surface area contributed by atoms with Crippen molar-refractivity contribution in [3.63, 3.8) is 0 Å². The number of amides is 1. The zero-order valence-corrected chi connectivity index (χ0v) is 20.1. The maximum Gasteiger partial charge on any atom is 0.343 e. The molecule has 9 heteroatoms. The molecule has 0 aliphatic carbocycles. The summed E-state index contributed by atoms with van der Waals surface area (Å²) in [5.41, 5.74) is 3.75. The van der Waals surface area contributed by atoms with E-state index in [2.05, 4.69) is 15.5 Å². The molecule has 0 aliphatic rings. The van der Waals surface area contributed by atoms with E-state index in [-0.39, 0.29) is 18.0 Å². The minimum atomic E-state index is -0.590. The molecule has 0 aliphatic heterocycles. The standard InChI is InChI=1S/C27H24N6O3/c1-4-36-27(35)22-16-29-33(24-14-17(2)20-12-8-9-13-23(20)30-24)25(22)31-26(34)21-15-28-32(18(21)3)19-10-6-5-7-11-19/h5-16H,4H2,1-3H3,(H,31,34). The van der Waals surface area contributed by atoms with Gasteiger partial charge in [-0.1, -0.05) is 36.4 Å². The van der Waals surface area contributed by atoms with E-state index >= 15 is 0 Å². The second-order valence-electron chi connectivity index (χ2n) is 8.20. The van der Waals surface area contributed by atoms with Gasteiger partial charge in [0.15, 0.2) is 11.6 Å². The first-order chi connectivity index (χ1) is 17.5. The SMILES string of the molecule is CCOC(=O)c1cnn(-c2cc(C)c3ccccc3n2)c1NC(=O)c1cnn(-c2ccccc2)c1C. The number of nitrogens with zero attached hydrogens (tertiary/aromatic N) is 5. The molecule has 0 unspecified atom stereocenters. The molecule has 0 bridgehead atoms. The summed E-state index contributed by atoms with van der Waals surface area (Å²) >= 11 is 0. The number of benzene rings is 2.